The Hall–Kier alpha value is -2.79. The molecule has 0 radical (unpaired) electrons. The van der Waals surface area contributed by atoms with Crippen LogP contribution in [0.2, 0.25) is 0 Å². The highest BCUT2D eigenvalue weighted by Gasteiger charge is 2.22. The Labute approximate surface area is 166 Å². The van der Waals surface area contributed by atoms with Crippen LogP contribution < -0.4 is 5.32 Å². The summed E-state index contributed by atoms with van der Waals surface area (Å²) in [5, 5.41) is 22.2. The maximum Gasteiger partial charge on any atom is 0.246 e. The van der Waals surface area contributed by atoms with Crippen molar-refractivity contribution in [2.24, 2.45) is 0 Å². The summed E-state index contributed by atoms with van der Waals surface area (Å²) in [5.41, 5.74) is 3.34. The van der Waals surface area contributed by atoms with E-state index in [1.165, 1.54) is 29.3 Å². The molecule has 0 aliphatic carbocycles. The summed E-state index contributed by atoms with van der Waals surface area (Å²) in [6.45, 7) is 5.44. The number of aromatic hydroxyl groups is 2. The number of carbonyl (C=O) groups excluding carboxylic acids is 1. The molecule has 0 spiro atoms. The molecule has 0 aromatic heterocycles. The van der Waals surface area contributed by atoms with E-state index in [9.17, 15) is 15.0 Å². The monoisotopic (exact) mass is 380 g/mol. The molecule has 28 heavy (non-hydrogen) atoms. The topological polar surface area (TPSA) is 72.8 Å². The average molecular weight is 380 g/mol. The molecule has 0 unspecified atom stereocenters. The average Bonchev–Trinajstić information content (AvgIpc) is 2.73. The second-order valence-corrected chi connectivity index (χ2v) is 7.21. The zero-order valence-corrected chi connectivity index (χ0v) is 16.3. The molecule has 1 fully saturated rings. The normalized spacial score (nSPS) is 15.2. The van der Waals surface area contributed by atoms with E-state index in [4.69, 9.17) is 0 Å². The molecule has 148 valence electrons. The lowest BCUT2D eigenvalue weighted by molar-refractivity contribution is -0.126. The number of benzene rings is 2. The van der Waals surface area contributed by atoms with Crippen molar-refractivity contribution in [3.63, 3.8) is 0 Å². The largest absolute Gasteiger partial charge is 0.504 e. The van der Waals surface area contributed by atoms with Crippen molar-refractivity contribution in [2.75, 3.05) is 19.6 Å². The van der Waals surface area contributed by atoms with Gasteiger partial charge in [0.2, 0.25) is 5.91 Å². The summed E-state index contributed by atoms with van der Waals surface area (Å²) in [6.07, 6.45) is 5.12. The quantitative estimate of drug-likeness (QED) is 0.529. The second-order valence-electron chi connectivity index (χ2n) is 7.21. The molecule has 1 amide bonds. The number of nitrogens with zero attached hydrogens (tertiary/aromatic N) is 1. The van der Waals surface area contributed by atoms with Crippen LogP contribution in [0.4, 0.5) is 0 Å². The number of amides is 1. The summed E-state index contributed by atoms with van der Waals surface area (Å²) in [4.78, 5) is 14.3. The Balaban J connectivity index is 1.55. The van der Waals surface area contributed by atoms with Crippen molar-refractivity contribution in [3.05, 3.63) is 65.2 Å². The van der Waals surface area contributed by atoms with E-state index in [1.54, 1.807) is 12.1 Å². The van der Waals surface area contributed by atoms with Gasteiger partial charge in [-0.15, -0.1) is 0 Å². The van der Waals surface area contributed by atoms with Crippen molar-refractivity contribution in [1.82, 2.24) is 10.2 Å². The van der Waals surface area contributed by atoms with E-state index in [0.29, 0.717) is 11.5 Å². The third-order valence-electron chi connectivity index (χ3n) is 5.23. The van der Waals surface area contributed by atoms with Crippen molar-refractivity contribution in [3.8, 4) is 11.5 Å². The minimum atomic E-state index is -0.188. The molecule has 2 aromatic carbocycles. The maximum absolute atomic E-state index is 12.5. The van der Waals surface area contributed by atoms with E-state index >= 15 is 0 Å². The number of phenols is 2. The molecule has 5 nitrogen and oxygen atoms in total. The Bertz CT molecular complexity index is 839. The molecule has 3 rings (SSSR count). The van der Waals surface area contributed by atoms with Gasteiger partial charge in [-0.05, 0) is 60.2 Å². The Morgan fingerprint density at radius 1 is 1.14 bits per heavy atom. The van der Waals surface area contributed by atoms with Gasteiger partial charge in [0.1, 0.15) is 0 Å². The number of nitrogens with one attached hydrogen (secondary N) is 1. The van der Waals surface area contributed by atoms with E-state index in [0.717, 1.165) is 39.0 Å². The summed E-state index contributed by atoms with van der Waals surface area (Å²) in [7, 11) is 0. The number of rotatable bonds is 6. The third kappa shape index (κ3) is 5.14. The lowest BCUT2D eigenvalue weighted by Crippen LogP contribution is -2.36. The predicted octanol–water partition coefficient (Wildman–Crippen LogP) is 3.63. The zero-order chi connectivity index (χ0) is 19.9. The molecule has 1 heterocycles. The first-order chi connectivity index (χ1) is 13.6. The predicted molar refractivity (Wildman–Crippen MR) is 111 cm³/mol. The summed E-state index contributed by atoms with van der Waals surface area (Å²) in [6, 6.07) is 13.2. The fraction of sp³-hybridized carbons (Fsp3) is 0.348. The van der Waals surface area contributed by atoms with Crippen LogP contribution in [0.5, 0.6) is 11.5 Å². The highest BCUT2D eigenvalue weighted by atomic mass is 16.3. The minimum Gasteiger partial charge on any atom is -0.504 e. The molecule has 0 bridgehead atoms. The summed E-state index contributed by atoms with van der Waals surface area (Å²) in [5.74, 6) is 0.113. The van der Waals surface area contributed by atoms with Gasteiger partial charge < -0.3 is 20.4 Å². The smallest absolute Gasteiger partial charge is 0.246 e. The van der Waals surface area contributed by atoms with Gasteiger partial charge in [0.05, 0.1) is 0 Å². The molecule has 1 saturated heterocycles. The third-order valence-corrected chi connectivity index (χ3v) is 5.23. The van der Waals surface area contributed by atoms with Gasteiger partial charge in [0, 0.05) is 25.7 Å². The van der Waals surface area contributed by atoms with Crippen LogP contribution in [0.1, 0.15) is 42.4 Å². The number of hydrogen-bond acceptors (Lipinski definition) is 4. The Morgan fingerprint density at radius 3 is 2.64 bits per heavy atom. The molecular weight excluding hydrogens is 352 g/mol. The van der Waals surface area contributed by atoms with E-state index in [1.807, 2.05) is 4.90 Å². The van der Waals surface area contributed by atoms with Gasteiger partial charge in [-0.2, -0.15) is 0 Å². The van der Waals surface area contributed by atoms with Crippen molar-refractivity contribution in [2.45, 2.75) is 32.2 Å². The molecule has 5 heteroatoms. The Morgan fingerprint density at radius 2 is 1.93 bits per heavy atom. The highest BCUT2D eigenvalue weighted by Crippen LogP contribution is 2.29. The van der Waals surface area contributed by atoms with Crippen LogP contribution >= 0.6 is 0 Å². The molecule has 1 aliphatic heterocycles. The van der Waals surface area contributed by atoms with Crippen LogP contribution in [-0.2, 0) is 11.3 Å². The van der Waals surface area contributed by atoms with Crippen LogP contribution in [0.25, 0.3) is 6.08 Å². The van der Waals surface area contributed by atoms with Gasteiger partial charge in [-0.1, -0.05) is 37.3 Å². The second kappa shape index (κ2) is 9.42. The fourth-order valence-corrected chi connectivity index (χ4v) is 3.58. The van der Waals surface area contributed by atoms with E-state index in [2.05, 4.69) is 36.5 Å². The molecule has 2 aromatic rings. The molecule has 0 atom stereocenters. The molecule has 0 saturated carbocycles. The number of likely N-dealkylation sites (tertiary alicyclic amines) is 1. The number of piperidine rings is 1. The first kappa shape index (κ1) is 20.0. The van der Waals surface area contributed by atoms with Crippen molar-refractivity contribution in [1.29, 1.82) is 0 Å². The number of phenolic OH excluding ortho intramolecular Hbond substituents is 2. The SMILES string of the molecule is CCNCc1cccc(C2CCN(C(=O)/C=C/c3ccc(O)c(O)c3)CC2)c1. The standard InChI is InChI=1S/C23H28N2O3/c1-2-24-16-18-4-3-5-20(14-18)19-10-12-25(13-11-19)23(28)9-7-17-6-8-21(26)22(27)15-17/h3-9,14-15,19,24,26-27H,2,10-13,16H2,1H3/b9-7+. The number of hydrogen-bond donors (Lipinski definition) is 3. The van der Waals surface area contributed by atoms with Gasteiger partial charge in [-0.3, -0.25) is 4.79 Å². The molecule has 1 aliphatic rings. The van der Waals surface area contributed by atoms with Crippen LogP contribution in [0, 0.1) is 0 Å². The van der Waals surface area contributed by atoms with Crippen LogP contribution in [-0.4, -0.2) is 40.7 Å². The van der Waals surface area contributed by atoms with Crippen molar-refractivity contribution < 1.29 is 15.0 Å². The first-order valence-electron chi connectivity index (χ1n) is 9.85. The van der Waals surface area contributed by atoms with Crippen molar-refractivity contribution >= 4 is 12.0 Å². The van der Waals surface area contributed by atoms with E-state index in [-0.39, 0.29) is 17.4 Å². The number of carbonyl (C=O) groups is 1. The van der Waals surface area contributed by atoms with Crippen LogP contribution in [0.15, 0.2) is 48.5 Å². The minimum absolute atomic E-state index is 0.0214. The Kier molecular flexibility index (Phi) is 6.71. The lowest BCUT2D eigenvalue weighted by Gasteiger charge is -2.31. The van der Waals surface area contributed by atoms with Gasteiger partial charge in [0.15, 0.2) is 11.5 Å². The maximum atomic E-state index is 12.5. The molecule has 3 N–H and O–H groups in total. The van der Waals surface area contributed by atoms with Gasteiger partial charge >= 0.3 is 0 Å². The zero-order valence-electron chi connectivity index (χ0n) is 16.3. The first-order valence-corrected chi connectivity index (χ1v) is 9.85. The molecular formula is C23H28N2O3. The summed E-state index contributed by atoms with van der Waals surface area (Å²) >= 11 is 0. The van der Waals surface area contributed by atoms with E-state index < -0.39 is 0 Å². The fourth-order valence-electron chi connectivity index (χ4n) is 3.58. The van der Waals surface area contributed by atoms with Crippen LogP contribution in [0.3, 0.4) is 0 Å². The van der Waals surface area contributed by atoms with Gasteiger partial charge in [-0.25, -0.2) is 0 Å². The highest BCUT2D eigenvalue weighted by molar-refractivity contribution is 5.92. The lowest BCUT2D eigenvalue weighted by atomic mass is 9.88. The summed E-state index contributed by atoms with van der Waals surface area (Å²) < 4.78 is 0. The van der Waals surface area contributed by atoms with Gasteiger partial charge in [0.25, 0.3) is 0 Å².